The van der Waals surface area contributed by atoms with Gasteiger partial charge in [0.2, 0.25) is 0 Å². The average Bonchev–Trinajstić information content (AvgIpc) is 3.85. The molecule has 2 aliphatic heterocycles. The fourth-order valence-corrected chi connectivity index (χ4v) is 8.84. The fourth-order valence-electron chi connectivity index (χ4n) is 8.84. The summed E-state index contributed by atoms with van der Waals surface area (Å²) in [4.78, 5) is 8.85. The Balaban J connectivity index is 0.959. The zero-order valence-electron chi connectivity index (χ0n) is 29.9. The number of hydrogen-bond donors (Lipinski definition) is 2. The lowest BCUT2D eigenvalue weighted by Crippen LogP contribution is -2.32. The minimum absolute atomic E-state index is 0.213. The Morgan fingerprint density at radius 3 is 1.80 bits per heavy atom. The van der Waals surface area contributed by atoms with Gasteiger partial charge in [-0.15, -0.1) is 0 Å². The lowest BCUT2D eigenvalue weighted by Gasteiger charge is -2.38. The number of para-hydroxylation sites is 2. The van der Waals surface area contributed by atoms with Crippen LogP contribution in [-0.4, -0.2) is 10.7 Å². The molecule has 3 heterocycles. The Kier molecular flexibility index (Phi) is 7.11. The van der Waals surface area contributed by atoms with Gasteiger partial charge in [0, 0.05) is 34.3 Å². The number of nitrogens with one attached hydrogen (secondary N) is 2. The van der Waals surface area contributed by atoms with Crippen LogP contribution in [0.25, 0.3) is 39.1 Å². The lowest BCUT2D eigenvalue weighted by molar-refractivity contribution is 0.434. The summed E-state index contributed by atoms with van der Waals surface area (Å²) in [6.45, 7) is 0. The Morgan fingerprint density at radius 2 is 1.07 bits per heavy atom. The number of nitrogens with zero attached hydrogens (tertiary/aromatic N) is 1. The number of aromatic amines is 1. The summed E-state index contributed by atoms with van der Waals surface area (Å²) < 4.78 is 6.52. The minimum atomic E-state index is -0.519. The molecule has 8 aromatic rings. The van der Waals surface area contributed by atoms with Crippen LogP contribution < -0.4 is 10.1 Å². The van der Waals surface area contributed by atoms with E-state index in [1.807, 2.05) is 12.1 Å². The van der Waals surface area contributed by atoms with Crippen molar-refractivity contribution in [3.63, 3.8) is 0 Å². The van der Waals surface area contributed by atoms with Crippen LogP contribution in [0.15, 0.2) is 199 Å². The molecule has 4 heteroatoms. The molecular formula is C51H35N3O. The highest BCUT2D eigenvalue weighted by molar-refractivity contribution is 6.13. The third-order valence-electron chi connectivity index (χ3n) is 11.4. The molecule has 1 atom stereocenters. The number of fused-ring (bicyclic) bond motifs is 9. The monoisotopic (exact) mass is 705 g/mol. The van der Waals surface area contributed by atoms with Crippen molar-refractivity contribution in [1.29, 1.82) is 0 Å². The molecule has 0 radical (unpaired) electrons. The van der Waals surface area contributed by atoms with Crippen LogP contribution in [-0.2, 0) is 5.41 Å². The van der Waals surface area contributed by atoms with Crippen LogP contribution in [0, 0.1) is 0 Å². The summed E-state index contributed by atoms with van der Waals surface area (Å²) in [5.74, 6) is 1.78. The maximum Gasteiger partial charge on any atom is 0.145 e. The normalized spacial score (nSPS) is 15.7. The Morgan fingerprint density at radius 1 is 0.473 bits per heavy atom. The van der Waals surface area contributed by atoms with E-state index < -0.39 is 5.41 Å². The van der Waals surface area contributed by atoms with Gasteiger partial charge in [0.05, 0.1) is 11.1 Å². The van der Waals surface area contributed by atoms with Crippen molar-refractivity contribution in [2.24, 2.45) is 4.99 Å². The van der Waals surface area contributed by atoms with E-state index in [-0.39, 0.29) is 6.17 Å². The second-order valence-corrected chi connectivity index (χ2v) is 14.4. The van der Waals surface area contributed by atoms with E-state index in [0.29, 0.717) is 0 Å². The van der Waals surface area contributed by atoms with E-state index in [2.05, 4.69) is 192 Å². The Labute approximate surface area is 320 Å². The lowest BCUT2D eigenvalue weighted by atomic mass is 9.67. The molecular weight excluding hydrogens is 671 g/mol. The van der Waals surface area contributed by atoms with Gasteiger partial charge in [-0.2, -0.15) is 0 Å². The van der Waals surface area contributed by atoms with E-state index in [0.717, 1.165) is 56.3 Å². The largest absolute Gasteiger partial charge is 0.457 e. The second kappa shape index (κ2) is 12.5. The average molecular weight is 706 g/mol. The molecule has 260 valence electrons. The molecule has 0 fully saturated rings. The highest BCUT2D eigenvalue weighted by atomic mass is 16.5. The predicted molar refractivity (Wildman–Crippen MR) is 222 cm³/mol. The number of rotatable bonds is 5. The highest BCUT2D eigenvalue weighted by Crippen LogP contribution is 2.62. The van der Waals surface area contributed by atoms with Gasteiger partial charge in [0.25, 0.3) is 0 Å². The van der Waals surface area contributed by atoms with E-state index in [4.69, 9.17) is 9.73 Å². The second-order valence-electron chi connectivity index (χ2n) is 14.4. The summed E-state index contributed by atoms with van der Waals surface area (Å²) in [6.07, 6.45) is 4.00. The number of hydrogen-bond acceptors (Lipinski definition) is 3. The number of allylic oxidation sites excluding steroid dienone is 1. The predicted octanol–water partition coefficient (Wildman–Crippen LogP) is 11.9. The molecule has 0 bridgehead atoms. The molecule has 1 aromatic heterocycles. The first-order valence-electron chi connectivity index (χ1n) is 18.8. The van der Waals surface area contributed by atoms with Crippen molar-refractivity contribution in [2.45, 2.75) is 11.6 Å². The molecule has 1 spiro atoms. The van der Waals surface area contributed by atoms with Gasteiger partial charge in [-0.25, -0.2) is 0 Å². The van der Waals surface area contributed by atoms with Gasteiger partial charge in [0.15, 0.2) is 0 Å². The van der Waals surface area contributed by atoms with Crippen LogP contribution >= 0.6 is 0 Å². The van der Waals surface area contributed by atoms with Gasteiger partial charge in [0.1, 0.15) is 17.7 Å². The van der Waals surface area contributed by atoms with Crippen LogP contribution in [0.3, 0.4) is 0 Å². The van der Waals surface area contributed by atoms with Gasteiger partial charge in [-0.3, -0.25) is 4.99 Å². The molecule has 4 nitrogen and oxygen atoms in total. The molecule has 55 heavy (non-hydrogen) atoms. The van der Waals surface area contributed by atoms with Crippen molar-refractivity contribution in [3.05, 3.63) is 233 Å². The molecule has 2 N–H and O–H groups in total. The van der Waals surface area contributed by atoms with Crippen LogP contribution in [0.4, 0.5) is 0 Å². The molecule has 11 rings (SSSR count). The first-order valence-corrected chi connectivity index (χ1v) is 18.8. The van der Waals surface area contributed by atoms with Gasteiger partial charge >= 0.3 is 0 Å². The molecule has 0 saturated heterocycles. The zero-order valence-corrected chi connectivity index (χ0v) is 29.9. The number of H-pyrrole nitrogens is 1. The minimum Gasteiger partial charge on any atom is -0.457 e. The summed E-state index contributed by atoms with van der Waals surface area (Å²) in [6, 6.07) is 64.8. The SMILES string of the molecule is C1=C(c2ccccc2)NC(c2ccc(-c3cccc(-c4ccc5c(c4)C4(c6ccccc6Oc6ccccc64)c4[nH]ccc4-5)c3)cc2)N=C1c1ccccc1. The van der Waals surface area contributed by atoms with E-state index in [9.17, 15) is 0 Å². The van der Waals surface area contributed by atoms with Gasteiger partial charge in [-0.1, -0.05) is 152 Å². The summed E-state index contributed by atoms with van der Waals surface area (Å²) in [7, 11) is 0. The number of aromatic nitrogens is 1. The summed E-state index contributed by atoms with van der Waals surface area (Å²) in [5.41, 5.74) is 16.8. The molecule has 0 saturated carbocycles. The van der Waals surface area contributed by atoms with Crippen LogP contribution in [0.1, 0.15) is 45.2 Å². The van der Waals surface area contributed by atoms with E-state index >= 15 is 0 Å². The first-order chi connectivity index (χ1) is 27.2. The maximum atomic E-state index is 6.52. The molecule has 0 amide bonds. The molecule has 3 aliphatic rings. The Hall–Kier alpha value is -7.17. The summed E-state index contributed by atoms with van der Waals surface area (Å²) in [5, 5.41) is 3.70. The van der Waals surface area contributed by atoms with Crippen LogP contribution in [0.5, 0.6) is 11.5 Å². The molecule has 7 aromatic carbocycles. The highest BCUT2D eigenvalue weighted by Gasteiger charge is 2.52. The number of benzene rings is 7. The van der Waals surface area contributed by atoms with Crippen molar-refractivity contribution < 1.29 is 4.74 Å². The number of ether oxygens (including phenoxy) is 1. The molecule has 1 unspecified atom stereocenters. The third kappa shape index (κ3) is 4.95. The van der Waals surface area contributed by atoms with Gasteiger partial charge in [-0.05, 0) is 86.5 Å². The van der Waals surface area contributed by atoms with E-state index in [1.54, 1.807) is 0 Å². The third-order valence-corrected chi connectivity index (χ3v) is 11.4. The fraction of sp³-hybridized carbons (Fsp3) is 0.0392. The Bertz CT molecular complexity index is 2770. The summed E-state index contributed by atoms with van der Waals surface area (Å²) >= 11 is 0. The van der Waals surface area contributed by atoms with Crippen molar-refractivity contribution in [2.75, 3.05) is 0 Å². The quantitative estimate of drug-likeness (QED) is 0.187. The smallest absolute Gasteiger partial charge is 0.145 e. The zero-order chi connectivity index (χ0) is 36.3. The standard InChI is InChI=1S/C51H35N3O/c1-3-12-34(13-4-1)45-32-46(35-14-5-2-6-15-35)54-50(53-45)36-24-22-33(23-25-36)37-16-11-17-38(30-37)39-26-27-40-41-28-29-52-49(41)51(44(40)31-39)42-18-7-9-20-47(42)55-48-21-10-8-19-43(48)51/h1-32,50,52-53H. The van der Waals surface area contributed by atoms with Crippen molar-refractivity contribution >= 4 is 11.4 Å². The van der Waals surface area contributed by atoms with Gasteiger partial charge < -0.3 is 15.0 Å². The maximum absolute atomic E-state index is 6.52. The number of aliphatic imine (C=N–C) groups is 1. The topological polar surface area (TPSA) is 49.4 Å². The van der Waals surface area contributed by atoms with Crippen molar-refractivity contribution in [1.82, 2.24) is 10.3 Å². The van der Waals surface area contributed by atoms with Crippen LogP contribution in [0.2, 0.25) is 0 Å². The van der Waals surface area contributed by atoms with Crippen molar-refractivity contribution in [3.8, 4) is 44.9 Å². The molecule has 1 aliphatic carbocycles. The first kappa shape index (κ1) is 31.4. The van der Waals surface area contributed by atoms with E-state index in [1.165, 1.54) is 39.1 Å².